The third-order valence-electron chi connectivity index (χ3n) is 2.09. The molecule has 0 bridgehead atoms. The Morgan fingerprint density at radius 2 is 2.20 bits per heavy atom. The Morgan fingerprint density at radius 3 is 2.73 bits per heavy atom. The van der Waals surface area contributed by atoms with E-state index in [-0.39, 0.29) is 6.61 Å². The van der Waals surface area contributed by atoms with Gasteiger partial charge in [-0.1, -0.05) is 6.92 Å². The van der Waals surface area contributed by atoms with Gasteiger partial charge in [0.05, 0.1) is 19.2 Å². The summed E-state index contributed by atoms with van der Waals surface area (Å²) >= 11 is 0. The lowest BCUT2D eigenvalue weighted by Gasteiger charge is -2.16. The maximum atomic E-state index is 8.83. The highest BCUT2D eigenvalue weighted by molar-refractivity contribution is 5.06. The summed E-state index contributed by atoms with van der Waals surface area (Å²) in [6.45, 7) is 3.91. The Balaban J connectivity index is 2.53. The van der Waals surface area contributed by atoms with Crippen molar-refractivity contribution in [2.24, 2.45) is 0 Å². The second-order valence-electron chi connectivity index (χ2n) is 3.39. The van der Waals surface area contributed by atoms with E-state index in [9.17, 15) is 0 Å². The molecule has 0 unspecified atom stereocenters. The molecule has 1 aromatic rings. The quantitative estimate of drug-likeness (QED) is 0.720. The highest BCUT2D eigenvalue weighted by Gasteiger charge is 2.07. The minimum absolute atomic E-state index is 0.0774. The predicted octanol–water partition coefficient (Wildman–Crippen LogP) is 1.51. The normalized spacial score (nSPS) is 10.5. The molecular formula is C11H16N2O2. The van der Waals surface area contributed by atoms with Crippen LogP contribution in [0, 0.1) is 11.3 Å². The molecule has 82 valence electrons. The smallest absolute Gasteiger partial charge is 0.129 e. The van der Waals surface area contributed by atoms with Crippen molar-refractivity contribution in [2.75, 3.05) is 13.1 Å². The van der Waals surface area contributed by atoms with Crippen molar-refractivity contribution in [3.05, 3.63) is 23.7 Å². The van der Waals surface area contributed by atoms with Crippen molar-refractivity contribution < 1.29 is 9.52 Å². The molecule has 1 aromatic heterocycles. The van der Waals surface area contributed by atoms with Crippen LogP contribution < -0.4 is 0 Å². The van der Waals surface area contributed by atoms with Gasteiger partial charge in [0.1, 0.15) is 18.1 Å². The highest BCUT2D eigenvalue weighted by Crippen LogP contribution is 2.10. The number of hydrogen-bond donors (Lipinski definition) is 1. The van der Waals surface area contributed by atoms with Gasteiger partial charge in [0.25, 0.3) is 0 Å². The molecule has 0 aliphatic rings. The van der Waals surface area contributed by atoms with Gasteiger partial charge in [-0.15, -0.1) is 0 Å². The number of rotatable bonds is 6. The van der Waals surface area contributed by atoms with Crippen molar-refractivity contribution in [3.63, 3.8) is 0 Å². The fraction of sp³-hybridized carbons (Fsp3) is 0.545. The molecule has 1 heterocycles. The van der Waals surface area contributed by atoms with E-state index >= 15 is 0 Å². The summed E-state index contributed by atoms with van der Waals surface area (Å²) in [7, 11) is 0. The van der Waals surface area contributed by atoms with E-state index in [1.807, 2.05) is 11.0 Å². The van der Waals surface area contributed by atoms with Crippen molar-refractivity contribution >= 4 is 0 Å². The van der Waals surface area contributed by atoms with Crippen LogP contribution in [0.3, 0.4) is 0 Å². The third kappa shape index (κ3) is 3.74. The summed E-state index contributed by atoms with van der Waals surface area (Å²) in [4.78, 5) is 2.01. The lowest BCUT2D eigenvalue weighted by atomic mass is 10.3. The Labute approximate surface area is 89.7 Å². The molecule has 1 rings (SSSR count). The van der Waals surface area contributed by atoms with Gasteiger partial charge in [-0.2, -0.15) is 5.26 Å². The van der Waals surface area contributed by atoms with E-state index in [4.69, 9.17) is 14.8 Å². The van der Waals surface area contributed by atoms with Crippen LogP contribution in [0.15, 0.2) is 16.5 Å². The van der Waals surface area contributed by atoms with Gasteiger partial charge in [-0.25, -0.2) is 0 Å². The lowest BCUT2D eigenvalue weighted by molar-refractivity contribution is 0.228. The van der Waals surface area contributed by atoms with E-state index < -0.39 is 0 Å². The van der Waals surface area contributed by atoms with Crippen molar-refractivity contribution in [3.8, 4) is 6.07 Å². The minimum Gasteiger partial charge on any atom is -0.462 e. The zero-order valence-electron chi connectivity index (χ0n) is 8.94. The van der Waals surface area contributed by atoms with Crippen LogP contribution in [0.5, 0.6) is 0 Å². The number of aliphatic hydroxyl groups excluding tert-OH is 1. The van der Waals surface area contributed by atoms with Crippen LogP contribution in [0.25, 0.3) is 0 Å². The SMILES string of the molecule is CCCN(CC#N)Cc1ccc(CO)o1. The first-order valence-electron chi connectivity index (χ1n) is 5.08. The predicted molar refractivity (Wildman–Crippen MR) is 55.8 cm³/mol. The van der Waals surface area contributed by atoms with Gasteiger partial charge >= 0.3 is 0 Å². The average molecular weight is 208 g/mol. The van der Waals surface area contributed by atoms with Crippen molar-refractivity contribution in [1.29, 1.82) is 5.26 Å². The average Bonchev–Trinajstić information content (AvgIpc) is 2.66. The summed E-state index contributed by atoms with van der Waals surface area (Å²) in [6.07, 6.45) is 1.01. The summed E-state index contributed by atoms with van der Waals surface area (Å²) in [5.41, 5.74) is 0. The van der Waals surface area contributed by atoms with E-state index in [2.05, 4.69) is 13.0 Å². The molecule has 4 heteroatoms. The van der Waals surface area contributed by atoms with Gasteiger partial charge in [0.2, 0.25) is 0 Å². The maximum Gasteiger partial charge on any atom is 0.129 e. The van der Waals surface area contributed by atoms with E-state index in [0.717, 1.165) is 18.7 Å². The number of nitrogens with zero attached hydrogens (tertiary/aromatic N) is 2. The fourth-order valence-corrected chi connectivity index (χ4v) is 1.44. The zero-order chi connectivity index (χ0) is 11.1. The second-order valence-corrected chi connectivity index (χ2v) is 3.39. The lowest BCUT2D eigenvalue weighted by Crippen LogP contribution is -2.24. The van der Waals surface area contributed by atoms with E-state index in [1.54, 1.807) is 6.07 Å². The van der Waals surface area contributed by atoms with Crippen molar-refractivity contribution in [2.45, 2.75) is 26.5 Å². The monoisotopic (exact) mass is 208 g/mol. The topological polar surface area (TPSA) is 60.4 Å². The highest BCUT2D eigenvalue weighted by atomic mass is 16.4. The Bertz CT molecular complexity index is 328. The van der Waals surface area contributed by atoms with Crippen LogP contribution in [-0.2, 0) is 13.2 Å². The molecule has 0 fully saturated rings. The van der Waals surface area contributed by atoms with Gasteiger partial charge in [0, 0.05) is 0 Å². The van der Waals surface area contributed by atoms with Gasteiger partial charge in [-0.3, -0.25) is 4.90 Å². The van der Waals surface area contributed by atoms with Gasteiger partial charge in [0.15, 0.2) is 0 Å². The Kier molecular flexibility index (Phi) is 4.88. The first-order valence-corrected chi connectivity index (χ1v) is 5.08. The zero-order valence-corrected chi connectivity index (χ0v) is 8.94. The molecule has 1 N–H and O–H groups in total. The number of hydrogen-bond acceptors (Lipinski definition) is 4. The minimum atomic E-state index is -0.0774. The van der Waals surface area contributed by atoms with Gasteiger partial charge < -0.3 is 9.52 Å². The van der Waals surface area contributed by atoms with Crippen LogP contribution in [-0.4, -0.2) is 23.1 Å². The summed E-state index contributed by atoms with van der Waals surface area (Å²) in [5.74, 6) is 1.36. The molecule has 0 saturated carbocycles. The van der Waals surface area contributed by atoms with Crippen LogP contribution in [0.4, 0.5) is 0 Å². The molecule has 0 saturated heterocycles. The first-order chi connectivity index (χ1) is 7.30. The molecule has 0 aromatic carbocycles. The molecule has 15 heavy (non-hydrogen) atoms. The van der Waals surface area contributed by atoms with Crippen LogP contribution in [0.2, 0.25) is 0 Å². The number of nitriles is 1. The molecule has 0 aliphatic carbocycles. The maximum absolute atomic E-state index is 8.83. The molecular weight excluding hydrogens is 192 g/mol. The molecule has 0 aliphatic heterocycles. The Morgan fingerprint density at radius 1 is 1.47 bits per heavy atom. The summed E-state index contributed by atoms with van der Waals surface area (Å²) < 4.78 is 5.35. The van der Waals surface area contributed by atoms with Gasteiger partial charge in [-0.05, 0) is 25.1 Å². The fourth-order valence-electron chi connectivity index (χ4n) is 1.44. The molecule has 0 amide bonds. The van der Waals surface area contributed by atoms with Crippen molar-refractivity contribution in [1.82, 2.24) is 4.90 Å². The molecule has 4 nitrogen and oxygen atoms in total. The second kappa shape index (κ2) is 6.23. The summed E-state index contributed by atoms with van der Waals surface area (Å²) in [6, 6.07) is 5.72. The third-order valence-corrected chi connectivity index (χ3v) is 2.09. The number of aliphatic hydroxyl groups is 1. The Hall–Kier alpha value is -1.31. The first kappa shape index (κ1) is 11.8. The summed E-state index contributed by atoms with van der Waals surface area (Å²) in [5, 5.41) is 17.5. The molecule has 0 radical (unpaired) electrons. The van der Waals surface area contributed by atoms with E-state index in [0.29, 0.717) is 18.8 Å². The number of furan rings is 1. The standard InChI is InChI=1S/C11H16N2O2/c1-2-6-13(7-5-12)8-10-3-4-11(9-14)15-10/h3-4,14H,2,6-9H2,1H3. The molecule has 0 atom stereocenters. The van der Waals surface area contributed by atoms with E-state index in [1.165, 1.54) is 0 Å². The largest absolute Gasteiger partial charge is 0.462 e. The van der Waals surface area contributed by atoms with Crippen LogP contribution in [0.1, 0.15) is 24.9 Å². The van der Waals surface area contributed by atoms with Crippen LogP contribution >= 0.6 is 0 Å². The molecule has 0 spiro atoms.